The Bertz CT molecular complexity index is 479. The summed E-state index contributed by atoms with van der Waals surface area (Å²) in [5.41, 5.74) is 7.73. The monoisotopic (exact) mass is 234 g/mol. The molecule has 3 N–H and O–H groups in total. The van der Waals surface area contributed by atoms with E-state index in [4.69, 9.17) is 10.8 Å². The van der Waals surface area contributed by atoms with Crippen molar-refractivity contribution in [3.63, 3.8) is 0 Å². The van der Waals surface area contributed by atoms with E-state index in [9.17, 15) is 9.59 Å². The summed E-state index contributed by atoms with van der Waals surface area (Å²) < 4.78 is 0. The van der Waals surface area contributed by atoms with Crippen molar-refractivity contribution in [1.82, 2.24) is 4.90 Å². The van der Waals surface area contributed by atoms with Crippen LogP contribution in [0.1, 0.15) is 15.9 Å². The van der Waals surface area contributed by atoms with Gasteiger partial charge in [-0.2, -0.15) is 0 Å². The van der Waals surface area contributed by atoms with Crippen molar-refractivity contribution in [1.29, 1.82) is 0 Å². The number of rotatable bonds is 2. The number of carboxylic acids is 1. The van der Waals surface area contributed by atoms with Crippen LogP contribution in [0.15, 0.2) is 18.2 Å². The van der Waals surface area contributed by atoms with Crippen LogP contribution in [-0.4, -0.2) is 35.0 Å². The fourth-order valence-electron chi connectivity index (χ4n) is 1.79. The van der Waals surface area contributed by atoms with Crippen LogP contribution in [-0.2, 0) is 4.79 Å². The van der Waals surface area contributed by atoms with Gasteiger partial charge in [0.25, 0.3) is 5.91 Å². The van der Waals surface area contributed by atoms with Gasteiger partial charge in [-0.3, -0.25) is 9.59 Å². The van der Waals surface area contributed by atoms with Crippen molar-refractivity contribution in [3.05, 3.63) is 29.3 Å². The van der Waals surface area contributed by atoms with Crippen molar-refractivity contribution in [2.75, 3.05) is 18.8 Å². The van der Waals surface area contributed by atoms with Crippen LogP contribution in [0.25, 0.3) is 0 Å². The van der Waals surface area contributed by atoms with Crippen LogP contribution >= 0.6 is 0 Å². The molecule has 1 aliphatic heterocycles. The van der Waals surface area contributed by atoms with Gasteiger partial charge in [-0.05, 0) is 30.7 Å². The SMILES string of the molecule is Cc1cc(C(=O)N2CC(C(=O)O)C2)ccc1N. The van der Waals surface area contributed by atoms with E-state index in [1.807, 2.05) is 6.92 Å². The molecule has 17 heavy (non-hydrogen) atoms. The smallest absolute Gasteiger partial charge is 0.310 e. The summed E-state index contributed by atoms with van der Waals surface area (Å²) in [6, 6.07) is 5.08. The van der Waals surface area contributed by atoms with E-state index < -0.39 is 11.9 Å². The lowest BCUT2D eigenvalue weighted by Crippen LogP contribution is -2.53. The van der Waals surface area contributed by atoms with Crippen LogP contribution in [0, 0.1) is 12.8 Å². The summed E-state index contributed by atoms with van der Waals surface area (Å²) in [7, 11) is 0. The number of nitrogens with zero attached hydrogens (tertiary/aromatic N) is 1. The molecule has 1 fully saturated rings. The number of carbonyl (C=O) groups is 2. The summed E-state index contributed by atoms with van der Waals surface area (Å²) >= 11 is 0. The number of carboxylic acid groups (broad SMARTS) is 1. The molecule has 0 aliphatic carbocycles. The number of hydrogen-bond acceptors (Lipinski definition) is 3. The minimum atomic E-state index is -0.845. The first-order chi connectivity index (χ1) is 7.99. The fourth-order valence-corrected chi connectivity index (χ4v) is 1.79. The molecule has 1 heterocycles. The van der Waals surface area contributed by atoms with Gasteiger partial charge in [0.2, 0.25) is 0 Å². The van der Waals surface area contributed by atoms with Gasteiger partial charge < -0.3 is 15.7 Å². The number of likely N-dealkylation sites (tertiary alicyclic amines) is 1. The third kappa shape index (κ3) is 2.08. The number of hydrogen-bond donors (Lipinski definition) is 2. The van der Waals surface area contributed by atoms with Gasteiger partial charge in [-0.15, -0.1) is 0 Å². The molecule has 1 saturated heterocycles. The summed E-state index contributed by atoms with van der Waals surface area (Å²) in [6.07, 6.45) is 0. The lowest BCUT2D eigenvalue weighted by atomic mass is 9.98. The number of aliphatic carboxylic acids is 1. The Morgan fingerprint density at radius 1 is 1.41 bits per heavy atom. The van der Waals surface area contributed by atoms with E-state index in [0.717, 1.165) is 5.56 Å². The molecule has 1 amide bonds. The molecular weight excluding hydrogens is 220 g/mol. The highest BCUT2D eigenvalue weighted by Gasteiger charge is 2.35. The molecule has 1 aromatic carbocycles. The lowest BCUT2D eigenvalue weighted by Gasteiger charge is -2.36. The Morgan fingerprint density at radius 2 is 2.06 bits per heavy atom. The Balaban J connectivity index is 2.06. The van der Waals surface area contributed by atoms with Crippen LogP contribution in [0.3, 0.4) is 0 Å². The number of amides is 1. The molecule has 0 saturated carbocycles. The minimum absolute atomic E-state index is 0.134. The maximum absolute atomic E-state index is 12.0. The molecule has 0 aromatic heterocycles. The predicted octanol–water partition coefficient (Wildman–Crippen LogP) is 0.734. The molecule has 0 spiro atoms. The summed E-state index contributed by atoms with van der Waals surface area (Å²) in [6.45, 7) is 2.41. The Labute approximate surface area is 98.8 Å². The van der Waals surface area contributed by atoms with E-state index in [1.165, 1.54) is 4.90 Å². The second kappa shape index (κ2) is 4.08. The van der Waals surface area contributed by atoms with Crippen molar-refractivity contribution in [3.8, 4) is 0 Å². The molecule has 5 nitrogen and oxygen atoms in total. The third-order valence-electron chi connectivity index (χ3n) is 3.03. The number of benzene rings is 1. The van der Waals surface area contributed by atoms with E-state index in [2.05, 4.69) is 0 Å². The minimum Gasteiger partial charge on any atom is -0.481 e. The zero-order valence-electron chi connectivity index (χ0n) is 9.51. The van der Waals surface area contributed by atoms with E-state index in [0.29, 0.717) is 11.3 Å². The average molecular weight is 234 g/mol. The summed E-state index contributed by atoms with van der Waals surface area (Å²) in [5, 5.41) is 8.73. The van der Waals surface area contributed by atoms with Crippen LogP contribution < -0.4 is 5.73 Å². The van der Waals surface area contributed by atoms with Gasteiger partial charge >= 0.3 is 5.97 Å². The molecule has 0 bridgehead atoms. The second-order valence-corrected chi connectivity index (χ2v) is 4.32. The van der Waals surface area contributed by atoms with Gasteiger partial charge in [-0.1, -0.05) is 0 Å². The Morgan fingerprint density at radius 3 is 2.59 bits per heavy atom. The molecule has 0 atom stereocenters. The largest absolute Gasteiger partial charge is 0.481 e. The Hall–Kier alpha value is -2.04. The first kappa shape index (κ1) is 11.4. The number of aryl methyl sites for hydroxylation is 1. The van der Waals surface area contributed by atoms with Crippen LogP contribution in [0.5, 0.6) is 0 Å². The molecule has 0 unspecified atom stereocenters. The van der Waals surface area contributed by atoms with E-state index in [-0.39, 0.29) is 19.0 Å². The predicted molar refractivity (Wildman–Crippen MR) is 62.6 cm³/mol. The van der Waals surface area contributed by atoms with Gasteiger partial charge in [-0.25, -0.2) is 0 Å². The highest BCUT2D eigenvalue weighted by Crippen LogP contribution is 2.20. The highest BCUT2D eigenvalue weighted by molar-refractivity contribution is 5.96. The quantitative estimate of drug-likeness (QED) is 0.739. The third-order valence-corrected chi connectivity index (χ3v) is 3.03. The number of nitrogen functional groups attached to an aromatic ring is 1. The topological polar surface area (TPSA) is 83.6 Å². The molecule has 90 valence electrons. The van der Waals surface area contributed by atoms with Gasteiger partial charge in [0.05, 0.1) is 5.92 Å². The zero-order chi connectivity index (χ0) is 12.6. The van der Waals surface area contributed by atoms with Gasteiger partial charge in [0.15, 0.2) is 0 Å². The summed E-state index contributed by atoms with van der Waals surface area (Å²) in [5.74, 6) is -1.40. The molecule has 2 rings (SSSR count). The maximum atomic E-state index is 12.0. The van der Waals surface area contributed by atoms with E-state index >= 15 is 0 Å². The molecule has 5 heteroatoms. The highest BCUT2D eigenvalue weighted by atomic mass is 16.4. The van der Waals surface area contributed by atoms with Crippen molar-refractivity contribution >= 4 is 17.6 Å². The molecule has 1 aliphatic rings. The van der Waals surface area contributed by atoms with Crippen LogP contribution in [0.4, 0.5) is 5.69 Å². The maximum Gasteiger partial charge on any atom is 0.310 e. The van der Waals surface area contributed by atoms with Gasteiger partial charge in [0, 0.05) is 24.3 Å². The first-order valence-corrected chi connectivity index (χ1v) is 5.37. The van der Waals surface area contributed by atoms with Crippen LogP contribution in [0.2, 0.25) is 0 Å². The fraction of sp³-hybridized carbons (Fsp3) is 0.333. The number of nitrogens with two attached hydrogens (primary N) is 1. The normalized spacial score (nSPS) is 15.5. The van der Waals surface area contributed by atoms with E-state index in [1.54, 1.807) is 18.2 Å². The molecular formula is C12H14N2O3. The molecule has 0 radical (unpaired) electrons. The second-order valence-electron chi connectivity index (χ2n) is 4.32. The standard InChI is InChI=1S/C12H14N2O3/c1-7-4-8(2-3-10(7)13)11(15)14-5-9(6-14)12(16)17/h2-4,9H,5-6,13H2,1H3,(H,16,17). The van der Waals surface area contributed by atoms with Crippen molar-refractivity contribution in [2.45, 2.75) is 6.92 Å². The number of carbonyl (C=O) groups excluding carboxylic acids is 1. The molecule has 1 aromatic rings. The number of anilines is 1. The summed E-state index contributed by atoms with van der Waals surface area (Å²) in [4.78, 5) is 24.1. The van der Waals surface area contributed by atoms with Crippen molar-refractivity contribution in [2.24, 2.45) is 5.92 Å². The first-order valence-electron chi connectivity index (χ1n) is 5.37. The zero-order valence-corrected chi connectivity index (χ0v) is 9.51. The lowest BCUT2D eigenvalue weighted by molar-refractivity contribution is -0.146. The van der Waals surface area contributed by atoms with Crippen molar-refractivity contribution < 1.29 is 14.7 Å². The average Bonchev–Trinajstić information content (AvgIpc) is 2.19. The van der Waals surface area contributed by atoms with Gasteiger partial charge in [0.1, 0.15) is 0 Å². The Kier molecular flexibility index (Phi) is 2.75.